The minimum Gasteiger partial charge on any atom is -0.316 e. The summed E-state index contributed by atoms with van der Waals surface area (Å²) in [7, 11) is -7.21. The van der Waals surface area contributed by atoms with Crippen LogP contribution in [0.15, 0.2) is 21.9 Å². The van der Waals surface area contributed by atoms with E-state index >= 15 is 0 Å². The lowest BCUT2D eigenvalue weighted by Crippen LogP contribution is -2.33. The summed E-state index contributed by atoms with van der Waals surface area (Å²) in [5.41, 5.74) is 0.882. The summed E-state index contributed by atoms with van der Waals surface area (Å²) >= 11 is 0. The quantitative estimate of drug-likeness (QED) is 0.785. The van der Waals surface area contributed by atoms with Gasteiger partial charge in [0.25, 0.3) is 0 Å². The third kappa shape index (κ3) is 4.78. The molecule has 1 heterocycles. The second kappa shape index (κ2) is 7.51. The first-order valence-electron chi connectivity index (χ1n) is 8.13. The number of piperidine rings is 1. The Hall–Kier alpha value is -0.960. The number of hydrogen-bond acceptors (Lipinski definition) is 5. The maximum atomic E-state index is 12.6. The zero-order chi connectivity index (χ0) is 18.0. The third-order valence-corrected chi connectivity index (χ3v) is 7.20. The summed E-state index contributed by atoms with van der Waals surface area (Å²) in [5, 5.41) is 3.31. The van der Waals surface area contributed by atoms with Crippen LogP contribution in [0, 0.1) is 19.8 Å². The van der Waals surface area contributed by atoms with Crippen LogP contribution in [-0.4, -0.2) is 42.7 Å². The average molecular weight is 375 g/mol. The highest BCUT2D eigenvalue weighted by Gasteiger charge is 2.23. The maximum Gasteiger partial charge on any atom is 0.240 e. The standard InChI is InChI=1S/C16H26N2O4S2/c1-12-9-15(23(3,19)20)13(2)16(10-12)24(21,22)18-8-6-14-5-4-7-17-11-14/h9-10,14,17-18H,4-8,11H2,1-3H3/t14-/m0/s1. The van der Waals surface area contributed by atoms with Gasteiger partial charge in [0.05, 0.1) is 9.79 Å². The van der Waals surface area contributed by atoms with E-state index < -0.39 is 19.9 Å². The first-order valence-corrected chi connectivity index (χ1v) is 11.5. The molecule has 1 atom stereocenters. The van der Waals surface area contributed by atoms with Gasteiger partial charge in [-0.2, -0.15) is 0 Å². The Morgan fingerprint density at radius 1 is 1.17 bits per heavy atom. The van der Waals surface area contributed by atoms with Gasteiger partial charge in [0.15, 0.2) is 9.84 Å². The predicted octanol–water partition coefficient (Wildman–Crippen LogP) is 1.37. The number of rotatable bonds is 6. The van der Waals surface area contributed by atoms with E-state index in [1.807, 2.05) is 0 Å². The Morgan fingerprint density at radius 3 is 2.42 bits per heavy atom. The van der Waals surface area contributed by atoms with Gasteiger partial charge in [0.2, 0.25) is 10.0 Å². The van der Waals surface area contributed by atoms with E-state index in [1.54, 1.807) is 6.92 Å². The van der Waals surface area contributed by atoms with E-state index in [9.17, 15) is 16.8 Å². The molecule has 0 radical (unpaired) electrons. The zero-order valence-corrected chi connectivity index (χ0v) is 16.1. The average Bonchev–Trinajstić information content (AvgIpc) is 2.49. The van der Waals surface area contributed by atoms with Crippen molar-refractivity contribution in [3.8, 4) is 0 Å². The topological polar surface area (TPSA) is 92.3 Å². The number of sulfone groups is 1. The van der Waals surface area contributed by atoms with Crippen LogP contribution in [0.1, 0.15) is 30.4 Å². The van der Waals surface area contributed by atoms with Gasteiger partial charge in [-0.25, -0.2) is 21.6 Å². The molecule has 1 aliphatic rings. The van der Waals surface area contributed by atoms with Crippen LogP contribution in [0.4, 0.5) is 0 Å². The summed E-state index contributed by atoms with van der Waals surface area (Å²) in [6, 6.07) is 3.03. The summed E-state index contributed by atoms with van der Waals surface area (Å²) < 4.78 is 51.6. The highest BCUT2D eigenvalue weighted by Crippen LogP contribution is 2.25. The molecular formula is C16H26N2O4S2. The van der Waals surface area contributed by atoms with Crippen LogP contribution in [0.2, 0.25) is 0 Å². The van der Waals surface area contributed by atoms with Crippen molar-refractivity contribution in [1.82, 2.24) is 10.0 Å². The summed E-state index contributed by atoms with van der Waals surface area (Å²) in [5.74, 6) is 0.478. The third-order valence-electron chi connectivity index (χ3n) is 4.39. The number of aryl methyl sites for hydroxylation is 1. The van der Waals surface area contributed by atoms with Crippen LogP contribution in [0.25, 0.3) is 0 Å². The van der Waals surface area contributed by atoms with Gasteiger partial charge >= 0.3 is 0 Å². The fraction of sp³-hybridized carbons (Fsp3) is 0.625. The van der Waals surface area contributed by atoms with Crippen LogP contribution in [0.5, 0.6) is 0 Å². The van der Waals surface area contributed by atoms with Crippen LogP contribution in [-0.2, 0) is 19.9 Å². The Bertz CT molecular complexity index is 796. The lowest BCUT2D eigenvalue weighted by molar-refractivity contribution is 0.358. The molecule has 0 unspecified atom stereocenters. The maximum absolute atomic E-state index is 12.6. The largest absolute Gasteiger partial charge is 0.316 e. The fourth-order valence-electron chi connectivity index (χ4n) is 3.10. The normalized spacial score (nSPS) is 19.4. The van der Waals surface area contributed by atoms with Crippen molar-refractivity contribution in [2.75, 3.05) is 25.9 Å². The number of nitrogens with one attached hydrogen (secondary N) is 2. The molecular weight excluding hydrogens is 348 g/mol. The summed E-state index contributed by atoms with van der Waals surface area (Å²) in [6.07, 6.45) is 4.09. The van der Waals surface area contributed by atoms with E-state index in [1.165, 1.54) is 19.1 Å². The first-order chi connectivity index (χ1) is 11.1. The van der Waals surface area contributed by atoms with Gasteiger partial charge in [-0.05, 0) is 75.4 Å². The first kappa shape index (κ1) is 19.4. The molecule has 0 saturated carbocycles. The molecule has 2 rings (SSSR count). The van der Waals surface area contributed by atoms with Crippen molar-refractivity contribution >= 4 is 19.9 Å². The lowest BCUT2D eigenvalue weighted by Gasteiger charge is -2.22. The van der Waals surface area contributed by atoms with E-state index in [-0.39, 0.29) is 15.4 Å². The fourth-order valence-corrected chi connectivity index (χ4v) is 5.63. The van der Waals surface area contributed by atoms with Crippen LogP contribution in [0.3, 0.4) is 0 Å². The Kier molecular flexibility index (Phi) is 6.06. The molecule has 0 bridgehead atoms. The van der Waals surface area contributed by atoms with Crippen LogP contribution >= 0.6 is 0 Å². The van der Waals surface area contributed by atoms with Gasteiger partial charge in [-0.3, -0.25) is 0 Å². The van der Waals surface area contributed by atoms with E-state index in [0.717, 1.165) is 38.6 Å². The molecule has 0 aliphatic carbocycles. The molecule has 1 saturated heterocycles. The molecule has 136 valence electrons. The number of sulfonamides is 1. The van der Waals surface area contributed by atoms with Crippen molar-refractivity contribution < 1.29 is 16.8 Å². The van der Waals surface area contributed by atoms with Gasteiger partial charge in [-0.1, -0.05) is 0 Å². The molecule has 24 heavy (non-hydrogen) atoms. The predicted molar refractivity (Wildman–Crippen MR) is 94.4 cm³/mol. The van der Waals surface area contributed by atoms with E-state index in [4.69, 9.17) is 0 Å². The summed E-state index contributed by atoms with van der Waals surface area (Å²) in [6.45, 7) is 5.54. The van der Waals surface area contributed by atoms with Crippen molar-refractivity contribution in [2.45, 2.75) is 42.9 Å². The van der Waals surface area contributed by atoms with Crippen molar-refractivity contribution in [3.05, 3.63) is 23.3 Å². The van der Waals surface area contributed by atoms with Crippen LogP contribution < -0.4 is 10.0 Å². The Morgan fingerprint density at radius 2 is 1.83 bits per heavy atom. The molecule has 0 aromatic heterocycles. The monoisotopic (exact) mass is 374 g/mol. The number of hydrogen-bond donors (Lipinski definition) is 2. The smallest absolute Gasteiger partial charge is 0.240 e. The molecule has 8 heteroatoms. The van der Waals surface area contributed by atoms with Crippen molar-refractivity contribution in [1.29, 1.82) is 0 Å². The number of benzene rings is 1. The van der Waals surface area contributed by atoms with E-state index in [2.05, 4.69) is 10.0 Å². The molecule has 6 nitrogen and oxygen atoms in total. The van der Waals surface area contributed by atoms with Gasteiger partial charge < -0.3 is 5.32 Å². The minimum absolute atomic E-state index is 0.0460. The van der Waals surface area contributed by atoms with Crippen molar-refractivity contribution in [2.24, 2.45) is 5.92 Å². The second-order valence-corrected chi connectivity index (χ2v) is 10.3. The van der Waals surface area contributed by atoms with Gasteiger partial charge in [-0.15, -0.1) is 0 Å². The van der Waals surface area contributed by atoms with Gasteiger partial charge in [0.1, 0.15) is 0 Å². The van der Waals surface area contributed by atoms with E-state index in [0.29, 0.717) is 18.0 Å². The van der Waals surface area contributed by atoms with Crippen molar-refractivity contribution in [3.63, 3.8) is 0 Å². The molecule has 0 amide bonds. The van der Waals surface area contributed by atoms with Gasteiger partial charge in [0, 0.05) is 12.8 Å². The lowest BCUT2D eigenvalue weighted by atomic mass is 9.96. The molecule has 2 N–H and O–H groups in total. The highest BCUT2D eigenvalue weighted by molar-refractivity contribution is 7.91. The molecule has 0 spiro atoms. The Labute approximate surface area is 145 Å². The molecule has 1 aromatic rings. The highest BCUT2D eigenvalue weighted by atomic mass is 32.2. The molecule has 1 fully saturated rings. The Balaban J connectivity index is 2.18. The second-order valence-electron chi connectivity index (χ2n) is 6.56. The molecule has 1 aromatic carbocycles. The zero-order valence-electron chi connectivity index (χ0n) is 14.4. The SMILES string of the molecule is Cc1cc(S(C)(=O)=O)c(C)c(S(=O)(=O)NCC[C@@H]2CCCNC2)c1. The molecule has 1 aliphatic heterocycles. The summed E-state index contributed by atoms with van der Waals surface area (Å²) in [4.78, 5) is 0.115. The minimum atomic E-state index is -3.73.